The maximum absolute atomic E-state index is 11.3. The van der Waals surface area contributed by atoms with E-state index in [4.69, 9.17) is 0 Å². The van der Waals surface area contributed by atoms with Gasteiger partial charge in [0.05, 0.1) is 22.8 Å². The zero-order valence-electron chi connectivity index (χ0n) is 11.1. The topological polar surface area (TPSA) is 57.0 Å². The van der Waals surface area contributed by atoms with E-state index in [1.165, 1.54) is 0 Å². The molecule has 1 aromatic heterocycles. The molecule has 0 amide bonds. The van der Waals surface area contributed by atoms with Crippen LogP contribution in [0.1, 0.15) is 24.8 Å². The number of anilines is 1. The van der Waals surface area contributed by atoms with Crippen LogP contribution in [0.25, 0.3) is 10.9 Å². The van der Waals surface area contributed by atoms with E-state index in [9.17, 15) is 10.1 Å². The van der Waals surface area contributed by atoms with E-state index in [0.29, 0.717) is 5.56 Å². The van der Waals surface area contributed by atoms with Gasteiger partial charge in [0, 0.05) is 18.1 Å². The number of aldehydes is 1. The van der Waals surface area contributed by atoms with E-state index in [2.05, 4.69) is 16.0 Å². The second-order valence-corrected chi connectivity index (χ2v) is 5.04. The summed E-state index contributed by atoms with van der Waals surface area (Å²) >= 11 is 0. The second-order valence-electron chi connectivity index (χ2n) is 5.04. The van der Waals surface area contributed by atoms with Gasteiger partial charge in [-0.2, -0.15) is 5.26 Å². The molecule has 4 heteroatoms. The van der Waals surface area contributed by atoms with Crippen molar-refractivity contribution in [3.63, 3.8) is 0 Å². The van der Waals surface area contributed by atoms with Gasteiger partial charge in [0.25, 0.3) is 0 Å². The number of pyridine rings is 1. The summed E-state index contributed by atoms with van der Waals surface area (Å²) < 4.78 is 0. The molecule has 0 aliphatic carbocycles. The lowest BCUT2D eigenvalue weighted by molar-refractivity contribution is -0.109. The van der Waals surface area contributed by atoms with Crippen LogP contribution >= 0.6 is 0 Å². The molecule has 0 saturated carbocycles. The highest BCUT2D eigenvalue weighted by Gasteiger charge is 2.25. The molecule has 0 radical (unpaired) electrons. The average Bonchev–Trinajstić information content (AvgIpc) is 2.53. The molecular formula is C16H15N3O. The second kappa shape index (κ2) is 5.30. The molecule has 1 saturated heterocycles. The number of hydrogen-bond acceptors (Lipinski definition) is 4. The molecule has 2 aromatic rings. The van der Waals surface area contributed by atoms with Gasteiger partial charge in [-0.05, 0) is 25.3 Å². The van der Waals surface area contributed by atoms with Crippen molar-refractivity contribution in [1.82, 2.24) is 4.98 Å². The van der Waals surface area contributed by atoms with E-state index in [1.54, 1.807) is 6.20 Å². The Bertz CT molecular complexity index is 690. The fraction of sp³-hybridized carbons (Fsp3) is 0.312. The minimum atomic E-state index is -0.137. The lowest BCUT2D eigenvalue weighted by Crippen LogP contribution is -2.41. The van der Waals surface area contributed by atoms with Crippen LogP contribution in [0.5, 0.6) is 0 Å². The van der Waals surface area contributed by atoms with Crippen molar-refractivity contribution in [2.45, 2.75) is 25.3 Å². The minimum Gasteiger partial charge on any atom is -0.360 e. The van der Waals surface area contributed by atoms with Crippen molar-refractivity contribution in [3.8, 4) is 6.07 Å². The Hall–Kier alpha value is -2.41. The number of carbonyl (C=O) groups excluding carboxylic acids is 1. The quantitative estimate of drug-likeness (QED) is 0.783. The molecule has 0 spiro atoms. The lowest BCUT2D eigenvalue weighted by atomic mass is 9.99. The summed E-state index contributed by atoms with van der Waals surface area (Å²) in [5, 5.41) is 10.3. The molecule has 2 heterocycles. The zero-order chi connectivity index (χ0) is 13.9. The summed E-state index contributed by atoms with van der Waals surface area (Å²) in [7, 11) is 0. The van der Waals surface area contributed by atoms with Crippen LogP contribution in [-0.2, 0) is 4.79 Å². The summed E-state index contributed by atoms with van der Waals surface area (Å²) in [5.74, 6) is 0. The van der Waals surface area contributed by atoms with Gasteiger partial charge in [0.15, 0.2) is 0 Å². The van der Waals surface area contributed by atoms with Gasteiger partial charge in [-0.25, -0.2) is 0 Å². The van der Waals surface area contributed by atoms with Crippen LogP contribution in [0.4, 0.5) is 5.69 Å². The molecule has 4 nitrogen and oxygen atoms in total. The largest absolute Gasteiger partial charge is 0.360 e. The number of aromatic nitrogens is 1. The van der Waals surface area contributed by atoms with Crippen LogP contribution in [0, 0.1) is 11.3 Å². The molecule has 1 aliphatic rings. The molecule has 0 bridgehead atoms. The lowest BCUT2D eigenvalue weighted by Gasteiger charge is -2.35. The summed E-state index contributed by atoms with van der Waals surface area (Å²) in [6, 6.07) is 9.84. The van der Waals surface area contributed by atoms with Crippen LogP contribution in [0.2, 0.25) is 0 Å². The van der Waals surface area contributed by atoms with Gasteiger partial charge < -0.3 is 9.69 Å². The first-order valence-electron chi connectivity index (χ1n) is 6.85. The predicted molar refractivity (Wildman–Crippen MR) is 77.5 cm³/mol. The van der Waals surface area contributed by atoms with Crippen molar-refractivity contribution in [1.29, 1.82) is 5.26 Å². The molecule has 100 valence electrons. The first-order chi connectivity index (χ1) is 9.85. The molecular weight excluding hydrogens is 250 g/mol. The zero-order valence-corrected chi connectivity index (χ0v) is 11.1. The Kier molecular flexibility index (Phi) is 3.34. The van der Waals surface area contributed by atoms with Crippen LogP contribution < -0.4 is 4.90 Å². The summed E-state index contributed by atoms with van der Waals surface area (Å²) in [6.07, 6.45) is 5.56. The summed E-state index contributed by atoms with van der Waals surface area (Å²) in [6.45, 7) is 0.812. The maximum Gasteiger partial charge on any atom is 0.142 e. The van der Waals surface area contributed by atoms with Gasteiger partial charge in [-0.15, -0.1) is 0 Å². The molecule has 1 atom stereocenters. The Balaban J connectivity index is 2.22. The maximum atomic E-state index is 11.3. The third-order valence-corrected chi connectivity index (χ3v) is 3.86. The summed E-state index contributed by atoms with van der Waals surface area (Å²) in [4.78, 5) is 17.7. The number of fused-ring (bicyclic) bond motifs is 1. The highest BCUT2D eigenvalue weighted by molar-refractivity contribution is 5.95. The SMILES string of the molecule is N#Cc1cnc2ccccc2c1N1CCCCC1C=O. The predicted octanol–water partition coefficient (Wildman–Crippen LogP) is 2.66. The highest BCUT2D eigenvalue weighted by Crippen LogP contribution is 2.33. The number of nitriles is 1. The van der Waals surface area contributed by atoms with E-state index in [-0.39, 0.29) is 6.04 Å². The van der Waals surface area contributed by atoms with Crippen molar-refractivity contribution in [2.24, 2.45) is 0 Å². The third-order valence-electron chi connectivity index (χ3n) is 3.86. The number of carbonyl (C=O) groups is 1. The van der Waals surface area contributed by atoms with Crippen LogP contribution in [0.3, 0.4) is 0 Å². The molecule has 1 aliphatic heterocycles. The summed E-state index contributed by atoms with van der Waals surface area (Å²) in [5.41, 5.74) is 2.25. The van der Waals surface area contributed by atoms with Gasteiger partial charge in [0.2, 0.25) is 0 Å². The molecule has 0 N–H and O–H groups in total. The fourth-order valence-corrected chi connectivity index (χ4v) is 2.89. The Morgan fingerprint density at radius 1 is 1.35 bits per heavy atom. The molecule has 1 unspecified atom stereocenters. The van der Waals surface area contributed by atoms with Gasteiger partial charge in [0.1, 0.15) is 12.4 Å². The standard InChI is InChI=1S/C16H15N3O/c17-9-12-10-18-15-7-2-1-6-14(15)16(12)19-8-4-3-5-13(19)11-20/h1-2,6-7,10-11,13H,3-5,8H2. The van der Waals surface area contributed by atoms with Crippen LogP contribution in [-0.4, -0.2) is 23.9 Å². The Morgan fingerprint density at radius 3 is 3.00 bits per heavy atom. The van der Waals surface area contributed by atoms with Gasteiger partial charge in [-0.3, -0.25) is 4.98 Å². The van der Waals surface area contributed by atoms with E-state index < -0.39 is 0 Å². The van der Waals surface area contributed by atoms with E-state index in [0.717, 1.165) is 48.7 Å². The average molecular weight is 265 g/mol. The van der Waals surface area contributed by atoms with Crippen LogP contribution in [0.15, 0.2) is 30.5 Å². The minimum absolute atomic E-state index is 0.137. The highest BCUT2D eigenvalue weighted by atomic mass is 16.1. The monoisotopic (exact) mass is 265 g/mol. The number of piperidine rings is 1. The number of nitrogens with zero attached hydrogens (tertiary/aromatic N) is 3. The first-order valence-corrected chi connectivity index (χ1v) is 6.85. The molecule has 1 aromatic carbocycles. The number of hydrogen-bond donors (Lipinski definition) is 0. The number of para-hydroxylation sites is 1. The number of rotatable bonds is 2. The van der Waals surface area contributed by atoms with Crippen molar-refractivity contribution < 1.29 is 4.79 Å². The fourth-order valence-electron chi connectivity index (χ4n) is 2.89. The van der Waals surface area contributed by atoms with Crippen molar-refractivity contribution in [2.75, 3.05) is 11.4 Å². The molecule has 1 fully saturated rings. The first kappa shape index (κ1) is 12.6. The van der Waals surface area contributed by atoms with Crippen molar-refractivity contribution in [3.05, 3.63) is 36.0 Å². The Labute approximate surface area is 117 Å². The van der Waals surface area contributed by atoms with Crippen molar-refractivity contribution >= 4 is 22.9 Å². The smallest absolute Gasteiger partial charge is 0.142 e. The van der Waals surface area contributed by atoms with E-state index >= 15 is 0 Å². The third kappa shape index (κ3) is 2.01. The molecule has 3 rings (SSSR count). The number of benzene rings is 1. The normalized spacial score (nSPS) is 18.8. The van der Waals surface area contributed by atoms with Gasteiger partial charge in [-0.1, -0.05) is 18.2 Å². The molecule has 20 heavy (non-hydrogen) atoms. The van der Waals surface area contributed by atoms with E-state index in [1.807, 2.05) is 24.3 Å². The Morgan fingerprint density at radius 2 is 2.20 bits per heavy atom. The van der Waals surface area contributed by atoms with Gasteiger partial charge >= 0.3 is 0 Å².